The van der Waals surface area contributed by atoms with Crippen molar-refractivity contribution in [2.45, 2.75) is 26.8 Å². The summed E-state index contributed by atoms with van der Waals surface area (Å²) in [4.78, 5) is 4.49. The van der Waals surface area contributed by atoms with Crippen molar-refractivity contribution in [2.75, 3.05) is 5.32 Å². The molecule has 1 aromatic carbocycles. The molecular formula is C17H20N4. The van der Waals surface area contributed by atoms with E-state index in [0.29, 0.717) is 0 Å². The van der Waals surface area contributed by atoms with Crippen LogP contribution in [0.4, 0.5) is 5.69 Å². The van der Waals surface area contributed by atoms with E-state index < -0.39 is 0 Å². The Hall–Kier alpha value is -2.36. The summed E-state index contributed by atoms with van der Waals surface area (Å²) in [5.41, 5.74) is 5.69. The Labute approximate surface area is 124 Å². The van der Waals surface area contributed by atoms with Crippen molar-refractivity contribution >= 4 is 16.7 Å². The maximum Gasteiger partial charge on any atom is 0.157 e. The number of nitrogens with one attached hydrogen (secondary N) is 1. The van der Waals surface area contributed by atoms with Crippen molar-refractivity contribution in [2.24, 2.45) is 7.05 Å². The van der Waals surface area contributed by atoms with Crippen molar-refractivity contribution < 1.29 is 0 Å². The fourth-order valence-corrected chi connectivity index (χ4v) is 2.68. The summed E-state index contributed by atoms with van der Waals surface area (Å²) in [7, 11) is 1.92. The van der Waals surface area contributed by atoms with Crippen molar-refractivity contribution in [1.29, 1.82) is 0 Å². The Balaban J connectivity index is 1.83. The van der Waals surface area contributed by atoms with Gasteiger partial charge in [0.05, 0.1) is 17.6 Å². The first-order valence-corrected chi connectivity index (χ1v) is 7.29. The molecule has 0 fully saturated rings. The van der Waals surface area contributed by atoms with E-state index in [-0.39, 0.29) is 0 Å². The summed E-state index contributed by atoms with van der Waals surface area (Å²) < 4.78 is 1.82. The first kappa shape index (κ1) is 13.6. The van der Waals surface area contributed by atoms with Gasteiger partial charge in [0.1, 0.15) is 0 Å². The summed E-state index contributed by atoms with van der Waals surface area (Å²) in [5, 5.41) is 8.97. The molecule has 108 valence electrons. The molecule has 0 radical (unpaired) electrons. The smallest absolute Gasteiger partial charge is 0.157 e. The molecule has 0 amide bonds. The van der Waals surface area contributed by atoms with E-state index in [4.69, 9.17) is 0 Å². The highest BCUT2D eigenvalue weighted by Gasteiger charge is 2.07. The third kappa shape index (κ3) is 2.61. The van der Waals surface area contributed by atoms with Crippen LogP contribution in [0.3, 0.4) is 0 Å². The number of aromatic nitrogens is 3. The minimum absolute atomic E-state index is 0.816. The first-order valence-electron chi connectivity index (χ1n) is 7.29. The molecule has 2 aromatic heterocycles. The van der Waals surface area contributed by atoms with Crippen LogP contribution in [-0.4, -0.2) is 14.8 Å². The number of nitrogens with zero attached hydrogens (tertiary/aromatic N) is 3. The molecule has 0 saturated heterocycles. The Morgan fingerprint density at radius 2 is 1.95 bits per heavy atom. The zero-order chi connectivity index (χ0) is 14.8. The first-order chi connectivity index (χ1) is 10.2. The summed E-state index contributed by atoms with van der Waals surface area (Å²) in [5.74, 6) is 0. The lowest BCUT2D eigenvalue weighted by Crippen LogP contribution is -2.03. The van der Waals surface area contributed by atoms with Gasteiger partial charge in [-0.25, -0.2) is 4.98 Å². The number of anilines is 1. The lowest BCUT2D eigenvalue weighted by atomic mass is 10.1. The predicted octanol–water partition coefficient (Wildman–Crippen LogP) is 3.45. The molecule has 21 heavy (non-hydrogen) atoms. The van der Waals surface area contributed by atoms with Gasteiger partial charge < -0.3 is 5.32 Å². The van der Waals surface area contributed by atoms with Crippen molar-refractivity contribution in [3.63, 3.8) is 0 Å². The van der Waals surface area contributed by atoms with Gasteiger partial charge >= 0.3 is 0 Å². The summed E-state index contributed by atoms with van der Waals surface area (Å²) in [6.45, 7) is 5.02. The summed E-state index contributed by atoms with van der Waals surface area (Å²) in [6.07, 6.45) is 2.93. The van der Waals surface area contributed by atoms with Crippen molar-refractivity contribution in [3.8, 4) is 0 Å². The standard InChI is InChI=1S/C17H20N4/c1-4-13-7-5-6-8-14(13)10-18-15-9-16-12(2)20-21(3)17(16)19-11-15/h5-9,11,18H,4,10H2,1-3H3. The fourth-order valence-electron chi connectivity index (χ4n) is 2.68. The van der Waals surface area contributed by atoms with Crippen LogP contribution in [0.5, 0.6) is 0 Å². The molecule has 1 N–H and O–H groups in total. The van der Waals surface area contributed by atoms with E-state index in [1.165, 1.54) is 11.1 Å². The molecule has 4 heteroatoms. The highest BCUT2D eigenvalue weighted by Crippen LogP contribution is 2.20. The highest BCUT2D eigenvalue weighted by molar-refractivity contribution is 5.81. The Kier molecular flexibility index (Phi) is 3.60. The van der Waals surface area contributed by atoms with Gasteiger partial charge in [0, 0.05) is 19.0 Å². The Morgan fingerprint density at radius 1 is 1.19 bits per heavy atom. The van der Waals surface area contributed by atoms with Crippen LogP contribution in [0.25, 0.3) is 11.0 Å². The zero-order valence-corrected chi connectivity index (χ0v) is 12.7. The number of aryl methyl sites for hydroxylation is 3. The molecule has 0 atom stereocenters. The second-order valence-corrected chi connectivity index (χ2v) is 5.28. The van der Waals surface area contributed by atoms with Gasteiger partial charge in [0.25, 0.3) is 0 Å². The second-order valence-electron chi connectivity index (χ2n) is 5.28. The fraction of sp³-hybridized carbons (Fsp3) is 0.294. The van der Waals surface area contributed by atoms with E-state index in [0.717, 1.165) is 35.4 Å². The summed E-state index contributed by atoms with van der Waals surface area (Å²) >= 11 is 0. The minimum atomic E-state index is 0.816. The number of fused-ring (bicyclic) bond motifs is 1. The van der Waals surface area contributed by atoms with Gasteiger partial charge in [-0.1, -0.05) is 31.2 Å². The molecule has 4 nitrogen and oxygen atoms in total. The average molecular weight is 280 g/mol. The number of hydrogen-bond donors (Lipinski definition) is 1. The lowest BCUT2D eigenvalue weighted by Gasteiger charge is -2.10. The van der Waals surface area contributed by atoms with Crippen molar-refractivity contribution in [3.05, 3.63) is 53.3 Å². The number of benzene rings is 1. The molecule has 0 spiro atoms. The van der Waals surface area contributed by atoms with Crippen LogP contribution in [0, 0.1) is 6.92 Å². The molecule has 0 unspecified atom stereocenters. The van der Waals surface area contributed by atoms with E-state index >= 15 is 0 Å². The second kappa shape index (κ2) is 5.56. The van der Waals surface area contributed by atoms with Gasteiger partial charge in [-0.05, 0) is 30.5 Å². The summed E-state index contributed by atoms with van der Waals surface area (Å²) in [6, 6.07) is 10.7. The van der Waals surface area contributed by atoms with Crippen LogP contribution in [0.2, 0.25) is 0 Å². The number of hydrogen-bond acceptors (Lipinski definition) is 3. The minimum Gasteiger partial charge on any atom is -0.380 e. The monoisotopic (exact) mass is 280 g/mol. The SMILES string of the molecule is CCc1ccccc1CNc1cnc2c(c1)c(C)nn2C. The topological polar surface area (TPSA) is 42.7 Å². The zero-order valence-electron chi connectivity index (χ0n) is 12.7. The van der Waals surface area contributed by atoms with Gasteiger partial charge in [0.15, 0.2) is 5.65 Å². The molecule has 0 bridgehead atoms. The van der Waals surface area contributed by atoms with Gasteiger partial charge in [-0.2, -0.15) is 5.10 Å². The number of rotatable bonds is 4. The average Bonchev–Trinajstić information content (AvgIpc) is 2.80. The highest BCUT2D eigenvalue weighted by atomic mass is 15.3. The van der Waals surface area contributed by atoms with Gasteiger partial charge in [-0.3, -0.25) is 4.68 Å². The molecule has 3 aromatic rings. The van der Waals surface area contributed by atoms with Gasteiger partial charge in [0.2, 0.25) is 0 Å². The van der Waals surface area contributed by atoms with Crippen LogP contribution in [-0.2, 0) is 20.0 Å². The lowest BCUT2D eigenvalue weighted by molar-refractivity contribution is 0.774. The largest absolute Gasteiger partial charge is 0.380 e. The molecule has 3 rings (SSSR count). The molecular weight excluding hydrogens is 260 g/mol. The molecule has 0 aliphatic carbocycles. The third-order valence-electron chi connectivity index (χ3n) is 3.85. The Morgan fingerprint density at radius 3 is 2.71 bits per heavy atom. The van der Waals surface area contributed by atoms with Crippen LogP contribution >= 0.6 is 0 Å². The molecule has 2 heterocycles. The molecule has 0 aliphatic rings. The normalized spacial score (nSPS) is 11.0. The maximum absolute atomic E-state index is 4.49. The Bertz CT molecular complexity index is 774. The van der Waals surface area contributed by atoms with Crippen LogP contribution in [0.1, 0.15) is 23.7 Å². The van der Waals surface area contributed by atoms with Crippen LogP contribution < -0.4 is 5.32 Å². The van der Waals surface area contributed by atoms with E-state index in [9.17, 15) is 0 Å². The maximum atomic E-state index is 4.49. The third-order valence-corrected chi connectivity index (χ3v) is 3.85. The van der Waals surface area contributed by atoms with Crippen LogP contribution in [0.15, 0.2) is 36.5 Å². The predicted molar refractivity (Wildman–Crippen MR) is 86.4 cm³/mol. The molecule has 0 saturated carbocycles. The van der Waals surface area contributed by atoms with Crippen molar-refractivity contribution in [1.82, 2.24) is 14.8 Å². The van der Waals surface area contributed by atoms with E-state index in [2.05, 4.69) is 52.7 Å². The van der Waals surface area contributed by atoms with E-state index in [1.54, 1.807) is 0 Å². The van der Waals surface area contributed by atoms with Gasteiger partial charge in [-0.15, -0.1) is 0 Å². The quantitative estimate of drug-likeness (QED) is 0.796. The molecule has 0 aliphatic heterocycles. The number of pyridine rings is 1. The van der Waals surface area contributed by atoms with E-state index in [1.807, 2.05) is 24.9 Å².